The highest BCUT2D eigenvalue weighted by molar-refractivity contribution is 7.93. The zero-order valence-corrected chi connectivity index (χ0v) is 8.76. The van der Waals surface area contributed by atoms with E-state index < -0.39 is 10.0 Å². The Labute approximate surface area is 79.1 Å². The van der Waals surface area contributed by atoms with E-state index in [1.807, 2.05) is 0 Å². The average Bonchev–Trinajstić information content (AvgIpc) is 2.02. The van der Waals surface area contributed by atoms with Gasteiger partial charge in [-0.05, 0) is 24.2 Å². The molecular weight excluding hydrogens is 186 g/mol. The lowest BCUT2D eigenvalue weighted by Gasteiger charge is -2.55. The van der Waals surface area contributed by atoms with Gasteiger partial charge < -0.3 is 0 Å². The summed E-state index contributed by atoms with van der Waals surface area (Å²) in [7, 11) is -3.45. The molecule has 3 rings (SSSR count). The molecule has 2 unspecified atom stereocenters. The zero-order valence-electron chi connectivity index (χ0n) is 7.95. The molecule has 3 aliphatic carbocycles. The molecule has 0 aromatic heterocycles. The smallest absolute Gasteiger partial charge is 0.225 e. The average molecular weight is 201 g/mol. The zero-order chi connectivity index (χ0) is 9.85. The Kier molecular flexibility index (Phi) is 1.67. The molecule has 0 heterocycles. The molecule has 0 spiro atoms. The molecule has 2 N–H and O–H groups in total. The highest BCUT2D eigenvalue weighted by Crippen LogP contribution is 2.59. The first-order valence-electron chi connectivity index (χ1n) is 4.56. The summed E-state index contributed by atoms with van der Waals surface area (Å²) in [6.07, 6.45) is 3.67. The van der Waals surface area contributed by atoms with E-state index in [1.54, 1.807) is 6.08 Å². The molecule has 4 heteroatoms. The van der Waals surface area contributed by atoms with Crippen molar-refractivity contribution in [2.45, 2.75) is 26.7 Å². The minimum atomic E-state index is -3.45. The van der Waals surface area contributed by atoms with Crippen LogP contribution in [0, 0.1) is 17.3 Å². The monoisotopic (exact) mass is 201 g/mol. The van der Waals surface area contributed by atoms with Gasteiger partial charge >= 0.3 is 0 Å². The summed E-state index contributed by atoms with van der Waals surface area (Å²) >= 11 is 0. The van der Waals surface area contributed by atoms with Gasteiger partial charge in [-0.1, -0.05) is 19.9 Å². The van der Waals surface area contributed by atoms with E-state index in [-0.39, 0.29) is 11.3 Å². The van der Waals surface area contributed by atoms with E-state index in [0.717, 1.165) is 12.8 Å². The maximum atomic E-state index is 11.2. The Hall–Kier alpha value is -0.350. The number of sulfonamides is 1. The number of fused-ring (bicyclic) bond motifs is 1. The third-order valence-corrected chi connectivity index (χ3v) is 4.85. The van der Waals surface area contributed by atoms with E-state index in [9.17, 15) is 8.42 Å². The lowest BCUT2D eigenvalue weighted by Crippen LogP contribution is -2.50. The minimum Gasteiger partial charge on any atom is -0.225 e. The highest BCUT2D eigenvalue weighted by atomic mass is 32.2. The van der Waals surface area contributed by atoms with Gasteiger partial charge in [0, 0.05) is 5.92 Å². The largest absolute Gasteiger partial charge is 0.234 e. The number of rotatable bonds is 1. The first kappa shape index (κ1) is 9.21. The summed E-state index contributed by atoms with van der Waals surface area (Å²) in [4.78, 5) is 0.472. The van der Waals surface area contributed by atoms with Gasteiger partial charge in [0.15, 0.2) is 0 Å². The predicted molar refractivity (Wildman–Crippen MR) is 51.2 cm³/mol. The summed E-state index contributed by atoms with van der Waals surface area (Å²) in [5.41, 5.74) is 0.135. The number of allylic oxidation sites excluding steroid dienone is 2. The van der Waals surface area contributed by atoms with E-state index in [4.69, 9.17) is 5.14 Å². The first-order chi connectivity index (χ1) is 5.83. The van der Waals surface area contributed by atoms with Crippen molar-refractivity contribution in [1.29, 1.82) is 0 Å². The quantitative estimate of drug-likeness (QED) is 0.693. The maximum Gasteiger partial charge on any atom is 0.234 e. The predicted octanol–water partition coefficient (Wildman–Crippen LogP) is 1.22. The van der Waals surface area contributed by atoms with Crippen molar-refractivity contribution in [2.75, 3.05) is 0 Å². The van der Waals surface area contributed by atoms with Crippen LogP contribution in [0.15, 0.2) is 11.0 Å². The second-order valence-electron chi connectivity index (χ2n) is 4.69. The van der Waals surface area contributed by atoms with Crippen molar-refractivity contribution < 1.29 is 8.42 Å². The van der Waals surface area contributed by atoms with Crippen molar-refractivity contribution >= 4 is 10.0 Å². The molecule has 3 aliphatic rings. The molecule has 0 aromatic carbocycles. The van der Waals surface area contributed by atoms with Crippen molar-refractivity contribution in [3.63, 3.8) is 0 Å². The number of primary sulfonamides is 1. The van der Waals surface area contributed by atoms with Gasteiger partial charge in [0.25, 0.3) is 0 Å². The summed E-state index contributed by atoms with van der Waals surface area (Å²) in [6.45, 7) is 4.26. The second-order valence-corrected chi connectivity index (χ2v) is 6.26. The van der Waals surface area contributed by atoms with Crippen LogP contribution in [0.4, 0.5) is 0 Å². The fourth-order valence-electron chi connectivity index (χ4n) is 2.61. The van der Waals surface area contributed by atoms with Crippen LogP contribution in [0.3, 0.4) is 0 Å². The van der Waals surface area contributed by atoms with Crippen LogP contribution in [0.25, 0.3) is 0 Å². The third-order valence-electron chi connectivity index (χ3n) is 3.75. The van der Waals surface area contributed by atoms with Crippen LogP contribution in [-0.2, 0) is 10.0 Å². The Balaban J connectivity index is 2.40. The van der Waals surface area contributed by atoms with E-state index in [1.165, 1.54) is 0 Å². The van der Waals surface area contributed by atoms with Crippen LogP contribution in [-0.4, -0.2) is 8.42 Å². The summed E-state index contributed by atoms with van der Waals surface area (Å²) < 4.78 is 22.4. The maximum absolute atomic E-state index is 11.2. The van der Waals surface area contributed by atoms with Gasteiger partial charge in [-0.3, -0.25) is 0 Å². The SMILES string of the molecule is CC1(C)C2CC=C(S(N)(=O)=O)C1C2. The molecule has 2 bridgehead atoms. The van der Waals surface area contributed by atoms with Crippen molar-refractivity contribution in [1.82, 2.24) is 0 Å². The Morgan fingerprint density at radius 1 is 1.54 bits per heavy atom. The molecule has 1 fully saturated rings. The number of hydrogen-bond donors (Lipinski definition) is 1. The van der Waals surface area contributed by atoms with E-state index in [2.05, 4.69) is 13.8 Å². The molecule has 0 amide bonds. The summed E-state index contributed by atoms with van der Waals surface area (Å²) in [5.74, 6) is 0.823. The molecule has 0 saturated heterocycles. The van der Waals surface area contributed by atoms with Crippen LogP contribution in [0.2, 0.25) is 0 Å². The van der Waals surface area contributed by atoms with Gasteiger partial charge in [0.2, 0.25) is 10.0 Å². The van der Waals surface area contributed by atoms with Crippen molar-refractivity contribution in [2.24, 2.45) is 22.4 Å². The normalized spacial score (nSPS) is 36.4. The molecule has 74 valence electrons. The van der Waals surface area contributed by atoms with Crippen LogP contribution in [0.1, 0.15) is 26.7 Å². The van der Waals surface area contributed by atoms with Gasteiger partial charge in [0.1, 0.15) is 0 Å². The summed E-state index contributed by atoms with van der Waals surface area (Å²) in [6, 6.07) is 0. The molecular formula is C9H15NO2S. The molecule has 13 heavy (non-hydrogen) atoms. The topological polar surface area (TPSA) is 60.2 Å². The first-order valence-corrected chi connectivity index (χ1v) is 6.11. The van der Waals surface area contributed by atoms with Crippen molar-refractivity contribution in [3.05, 3.63) is 11.0 Å². The highest BCUT2D eigenvalue weighted by Gasteiger charge is 2.53. The fourth-order valence-corrected chi connectivity index (χ4v) is 3.74. The molecule has 0 radical (unpaired) electrons. The summed E-state index contributed by atoms with van der Waals surface area (Å²) in [5, 5.41) is 5.15. The second kappa shape index (κ2) is 2.36. The van der Waals surface area contributed by atoms with Gasteiger partial charge in [-0.25, -0.2) is 13.6 Å². The number of nitrogens with two attached hydrogens (primary N) is 1. The van der Waals surface area contributed by atoms with Crippen molar-refractivity contribution in [3.8, 4) is 0 Å². The molecule has 2 atom stereocenters. The molecule has 1 saturated carbocycles. The molecule has 0 aromatic rings. The van der Waals surface area contributed by atoms with Crippen LogP contribution >= 0.6 is 0 Å². The van der Waals surface area contributed by atoms with Crippen LogP contribution < -0.4 is 5.14 Å². The number of hydrogen-bond acceptors (Lipinski definition) is 2. The minimum absolute atomic E-state index is 0.135. The van der Waals surface area contributed by atoms with Gasteiger partial charge in [0.05, 0.1) is 4.91 Å². The van der Waals surface area contributed by atoms with Gasteiger partial charge in [-0.2, -0.15) is 0 Å². The fraction of sp³-hybridized carbons (Fsp3) is 0.778. The lowest BCUT2D eigenvalue weighted by molar-refractivity contribution is -0.000526. The Morgan fingerprint density at radius 2 is 2.15 bits per heavy atom. The standard InChI is InChI=1S/C9H15NO2S/c1-9(2)6-3-4-8(7(9)5-6)13(10,11)12/h4,6-7H,3,5H2,1-2H3,(H2,10,11,12). The van der Waals surface area contributed by atoms with Gasteiger partial charge in [-0.15, -0.1) is 0 Å². The Bertz CT molecular complexity index is 367. The lowest BCUT2D eigenvalue weighted by atomic mass is 9.51. The molecule has 0 aliphatic heterocycles. The Morgan fingerprint density at radius 3 is 2.46 bits per heavy atom. The molecule has 3 nitrogen and oxygen atoms in total. The van der Waals surface area contributed by atoms with E-state index >= 15 is 0 Å². The van der Waals surface area contributed by atoms with E-state index in [0.29, 0.717) is 10.8 Å². The van der Waals surface area contributed by atoms with Crippen LogP contribution in [0.5, 0.6) is 0 Å². The third kappa shape index (κ3) is 1.15.